The molecule has 0 unspecified atom stereocenters. The Morgan fingerprint density at radius 1 is 1.39 bits per heavy atom. The van der Waals surface area contributed by atoms with Crippen molar-refractivity contribution in [2.75, 3.05) is 16.8 Å². The molecule has 0 aromatic carbocycles. The summed E-state index contributed by atoms with van der Waals surface area (Å²) in [6, 6.07) is 0.141. The van der Waals surface area contributed by atoms with Crippen LogP contribution in [0.25, 0.3) is 0 Å². The molecule has 0 saturated carbocycles. The number of rotatable bonds is 1. The second-order valence-electron chi connectivity index (χ2n) is 5.23. The van der Waals surface area contributed by atoms with Crippen LogP contribution in [-0.2, 0) is 4.79 Å². The third kappa shape index (κ3) is 1.73. The maximum atomic E-state index is 12.4. The number of hydrogen-bond acceptors (Lipinski definition) is 4. The average Bonchev–Trinajstić information content (AvgIpc) is 2.25. The lowest BCUT2D eigenvalue weighted by Gasteiger charge is -2.47. The van der Waals surface area contributed by atoms with Crippen LogP contribution in [0.5, 0.6) is 0 Å². The fraction of sp³-hybridized carbons (Fsp3) is 0.583. The highest BCUT2D eigenvalue weighted by atomic mass is 35.5. The van der Waals surface area contributed by atoms with Gasteiger partial charge in [-0.1, -0.05) is 0 Å². The molecule has 0 atom stereocenters. The van der Waals surface area contributed by atoms with Gasteiger partial charge >= 0.3 is 0 Å². The molecule has 0 radical (unpaired) electrons. The van der Waals surface area contributed by atoms with Crippen molar-refractivity contribution in [2.45, 2.75) is 39.3 Å². The van der Waals surface area contributed by atoms with E-state index in [1.807, 2.05) is 32.6 Å². The number of halogens is 1. The lowest BCUT2D eigenvalue weighted by Crippen LogP contribution is -2.61. The van der Waals surface area contributed by atoms with E-state index in [2.05, 4.69) is 9.97 Å². The zero-order valence-electron chi connectivity index (χ0n) is 11.2. The lowest BCUT2D eigenvalue weighted by atomic mass is 9.95. The van der Waals surface area contributed by atoms with Gasteiger partial charge in [0.05, 0.1) is 6.20 Å². The Labute approximate surface area is 112 Å². The first-order valence-corrected chi connectivity index (χ1v) is 6.24. The standard InChI is InChI=1S/C12H17ClN4O/c1-7(2)17-9-8(6-14-11(13)15-9)16(5)10(18)12(17,3)4/h6-7H,1-5H3. The molecule has 18 heavy (non-hydrogen) atoms. The Morgan fingerprint density at radius 2 is 2.00 bits per heavy atom. The molecule has 0 spiro atoms. The Hall–Kier alpha value is -1.36. The van der Waals surface area contributed by atoms with E-state index in [1.54, 1.807) is 18.1 Å². The summed E-state index contributed by atoms with van der Waals surface area (Å²) in [6.45, 7) is 7.84. The predicted octanol–water partition coefficient (Wildman–Crippen LogP) is 2.10. The van der Waals surface area contributed by atoms with Crippen molar-refractivity contribution in [3.8, 4) is 0 Å². The fourth-order valence-electron chi connectivity index (χ4n) is 2.54. The van der Waals surface area contributed by atoms with Crippen LogP contribution >= 0.6 is 11.6 Å². The SMILES string of the molecule is CC(C)N1c2nc(Cl)ncc2N(C)C(=O)C1(C)C. The highest BCUT2D eigenvalue weighted by Gasteiger charge is 2.45. The number of aromatic nitrogens is 2. The van der Waals surface area contributed by atoms with Gasteiger partial charge in [0.2, 0.25) is 5.28 Å². The fourth-order valence-corrected chi connectivity index (χ4v) is 2.67. The van der Waals surface area contributed by atoms with Crippen molar-refractivity contribution in [1.29, 1.82) is 0 Å². The Bertz CT molecular complexity index is 501. The molecule has 6 heteroatoms. The zero-order chi connectivity index (χ0) is 13.7. The number of hydrogen-bond donors (Lipinski definition) is 0. The molecule has 0 aliphatic carbocycles. The topological polar surface area (TPSA) is 49.3 Å². The predicted molar refractivity (Wildman–Crippen MR) is 72.1 cm³/mol. The minimum atomic E-state index is -0.645. The first-order chi connectivity index (χ1) is 8.26. The number of likely N-dealkylation sites (N-methyl/N-ethyl adjacent to an activating group) is 1. The first-order valence-electron chi connectivity index (χ1n) is 5.87. The van der Waals surface area contributed by atoms with E-state index in [4.69, 9.17) is 11.6 Å². The van der Waals surface area contributed by atoms with Gasteiger partial charge in [-0.05, 0) is 39.3 Å². The van der Waals surface area contributed by atoms with Crippen LogP contribution in [0.1, 0.15) is 27.7 Å². The van der Waals surface area contributed by atoms with Crippen molar-refractivity contribution in [3.63, 3.8) is 0 Å². The molecule has 2 heterocycles. The first kappa shape index (κ1) is 13.1. The molecule has 1 aromatic heterocycles. The number of amides is 1. The van der Waals surface area contributed by atoms with Crippen molar-refractivity contribution < 1.29 is 4.79 Å². The van der Waals surface area contributed by atoms with E-state index in [0.717, 1.165) is 0 Å². The van der Waals surface area contributed by atoms with E-state index < -0.39 is 5.54 Å². The van der Waals surface area contributed by atoms with Crippen LogP contribution < -0.4 is 9.80 Å². The molecule has 2 rings (SSSR count). The van der Waals surface area contributed by atoms with Gasteiger partial charge in [0, 0.05) is 13.1 Å². The Morgan fingerprint density at radius 3 is 2.56 bits per heavy atom. The largest absolute Gasteiger partial charge is 0.338 e. The summed E-state index contributed by atoms with van der Waals surface area (Å²) >= 11 is 5.87. The number of nitrogens with zero attached hydrogens (tertiary/aromatic N) is 4. The van der Waals surface area contributed by atoms with Crippen LogP contribution in [0.3, 0.4) is 0 Å². The van der Waals surface area contributed by atoms with E-state index in [-0.39, 0.29) is 17.2 Å². The highest BCUT2D eigenvalue weighted by Crippen LogP contribution is 2.39. The Kier molecular flexibility index (Phi) is 2.97. The number of carbonyl (C=O) groups excluding carboxylic acids is 1. The summed E-state index contributed by atoms with van der Waals surface area (Å²) < 4.78 is 0. The third-order valence-corrected chi connectivity index (χ3v) is 3.44. The number of carbonyl (C=O) groups is 1. The molecular weight excluding hydrogens is 252 g/mol. The summed E-state index contributed by atoms with van der Waals surface area (Å²) in [6.07, 6.45) is 1.59. The summed E-state index contributed by atoms with van der Waals surface area (Å²) in [5.41, 5.74) is 0.0468. The summed E-state index contributed by atoms with van der Waals surface area (Å²) in [5, 5.41) is 0.193. The van der Waals surface area contributed by atoms with Gasteiger partial charge in [0.25, 0.3) is 5.91 Å². The summed E-state index contributed by atoms with van der Waals surface area (Å²) in [7, 11) is 1.73. The van der Waals surface area contributed by atoms with Crippen molar-refractivity contribution in [1.82, 2.24) is 9.97 Å². The second-order valence-corrected chi connectivity index (χ2v) is 5.57. The summed E-state index contributed by atoms with van der Waals surface area (Å²) in [4.78, 5) is 24.2. The molecule has 0 saturated heterocycles. The maximum absolute atomic E-state index is 12.4. The van der Waals surface area contributed by atoms with Crippen LogP contribution in [0.2, 0.25) is 5.28 Å². The van der Waals surface area contributed by atoms with Crippen LogP contribution in [-0.4, -0.2) is 34.5 Å². The van der Waals surface area contributed by atoms with Gasteiger partial charge in [-0.15, -0.1) is 0 Å². The lowest BCUT2D eigenvalue weighted by molar-refractivity contribution is -0.123. The van der Waals surface area contributed by atoms with Crippen molar-refractivity contribution in [2.24, 2.45) is 0 Å². The molecule has 1 aliphatic rings. The quantitative estimate of drug-likeness (QED) is 0.732. The molecule has 1 amide bonds. The van der Waals surface area contributed by atoms with Gasteiger partial charge < -0.3 is 9.80 Å². The molecule has 5 nitrogen and oxygen atoms in total. The van der Waals surface area contributed by atoms with Gasteiger partial charge in [-0.2, -0.15) is 4.98 Å². The Balaban J connectivity index is 2.69. The highest BCUT2D eigenvalue weighted by molar-refractivity contribution is 6.28. The van der Waals surface area contributed by atoms with Crippen molar-refractivity contribution >= 4 is 29.0 Å². The second kappa shape index (κ2) is 4.09. The molecule has 1 aliphatic heterocycles. The monoisotopic (exact) mass is 268 g/mol. The smallest absolute Gasteiger partial charge is 0.252 e. The van der Waals surface area contributed by atoms with E-state index in [9.17, 15) is 4.79 Å². The number of anilines is 2. The molecule has 0 bridgehead atoms. The van der Waals surface area contributed by atoms with Crippen LogP contribution in [0.15, 0.2) is 6.20 Å². The molecular formula is C12H17ClN4O. The van der Waals surface area contributed by atoms with Gasteiger partial charge in [-0.3, -0.25) is 4.79 Å². The maximum Gasteiger partial charge on any atom is 0.252 e. The van der Waals surface area contributed by atoms with Crippen LogP contribution in [0.4, 0.5) is 11.5 Å². The van der Waals surface area contributed by atoms with Gasteiger partial charge in [0.15, 0.2) is 5.82 Å². The minimum absolute atomic E-state index is 0.0228. The van der Waals surface area contributed by atoms with Crippen LogP contribution in [0, 0.1) is 0 Å². The normalized spacial score (nSPS) is 18.3. The van der Waals surface area contributed by atoms with E-state index in [0.29, 0.717) is 11.5 Å². The molecule has 1 aromatic rings. The molecule has 98 valence electrons. The van der Waals surface area contributed by atoms with Gasteiger partial charge in [-0.25, -0.2) is 4.98 Å². The average molecular weight is 269 g/mol. The summed E-state index contributed by atoms with van der Waals surface area (Å²) in [5.74, 6) is 0.728. The van der Waals surface area contributed by atoms with E-state index in [1.165, 1.54) is 0 Å². The minimum Gasteiger partial charge on any atom is -0.338 e. The van der Waals surface area contributed by atoms with Crippen molar-refractivity contribution in [3.05, 3.63) is 11.5 Å². The molecule has 0 N–H and O–H groups in total. The van der Waals surface area contributed by atoms with Gasteiger partial charge in [0.1, 0.15) is 11.2 Å². The third-order valence-electron chi connectivity index (χ3n) is 3.26. The zero-order valence-corrected chi connectivity index (χ0v) is 12.0. The number of fused-ring (bicyclic) bond motifs is 1. The van der Waals surface area contributed by atoms with E-state index >= 15 is 0 Å². The molecule has 0 fully saturated rings.